The molecule has 15 aromatic carbocycles. The molecular weight excluding hydrogens is 1260 g/mol. The SMILES string of the molecule is C=Cc1ccc(OCCCCCCC2(c3ccccc3)c3ccccc3-c3ccc(N(c4ccc5c(ccc6cc(N(c7ccc8c(c7)C(CCCCCCOc7ccc(C=C)cc7)(c7ccccc7)c7ccccc7-8)c7cccc8ccccc78)ccc65)c4)c4cccc5ccccc45)cc32)cc1. The van der Waals surface area contributed by atoms with E-state index in [1.54, 1.807) is 0 Å². The smallest absolute Gasteiger partial charge is 0.119 e. The Morgan fingerprint density at radius 1 is 0.269 bits per heavy atom. The molecule has 0 saturated heterocycles. The third-order valence-electron chi connectivity index (χ3n) is 22.3. The highest BCUT2D eigenvalue weighted by Gasteiger charge is 2.46. The monoisotopic (exact) mass is 1340 g/mol. The van der Waals surface area contributed by atoms with E-state index in [-0.39, 0.29) is 10.8 Å². The lowest BCUT2D eigenvalue weighted by Gasteiger charge is -2.35. The van der Waals surface area contributed by atoms with Crippen LogP contribution in [-0.4, -0.2) is 13.2 Å². The maximum Gasteiger partial charge on any atom is 0.119 e. The molecule has 0 bridgehead atoms. The van der Waals surface area contributed by atoms with E-state index in [1.165, 1.54) is 98.7 Å². The molecule has 2 aliphatic rings. The van der Waals surface area contributed by atoms with Gasteiger partial charge in [0.05, 0.1) is 24.6 Å². The number of hydrogen-bond donors (Lipinski definition) is 0. The number of rotatable bonds is 26. The van der Waals surface area contributed by atoms with Crippen molar-refractivity contribution in [1.82, 2.24) is 0 Å². The number of hydrogen-bond acceptors (Lipinski definition) is 4. The van der Waals surface area contributed by atoms with Gasteiger partial charge in [0.2, 0.25) is 0 Å². The topological polar surface area (TPSA) is 24.9 Å². The van der Waals surface area contributed by atoms with Gasteiger partial charge in [-0.1, -0.05) is 306 Å². The van der Waals surface area contributed by atoms with E-state index in [2.05, 4.69) is 326 Å². The second kappa shape index (κ2) is 28.8. The molecule has 2 unspecified atom stereocenters. The molecule has 0 fully saturated rings. The summed E-state index contributed by atoms with van der Waals surface area (Å²) in [5, 5.41) is 9.59. The van der Waals surface area contributed by atoms with E-state index in [0.717, 1.165) is 121 Å². The van der Waals surface area contributed by atoms with Crippen molar-refractivity contribution in [1.29, 1.82) is 0 Å². The Morgan fingerprint density at radius 3 is 1.08 bits per heavy atom. The van der Waals surface area contributed by atoms with Gasteiger partial charge in [0, 0.05) is 44.4 Å². The van der Waals surface area contributed by atoms with E-state index in [0.29, 0.717) is 13.2 Å². The van der Waals surface area contributed by atoms with Crippen molar-refractivity contribution in [3.05, 3.63) is 385 Å². The molecule has 0 aromatic heterocycles. The predicted molar refractivity (Wildman–Crippen MR) is 440 cm³/mol. The number of fused-ring (bicyclic) bond motifs is 11. The summed E-state index contributed by atoms with van der Waals surface area (Å²) < 4.78 is 12.4. The maximum atomic E-state index is 6.21. The van der Waals surface area contributed by atoms with Crippen molar-refractivity contribution in [2.75, 3.05) is 23.0 Å². The quantitative estimate of drug-likeness (QED) is 0.0398. The highest BCUT2D eigenvalue weighted by molar-refractivity contribution is 6.11. The van der Waals surface area contributed by atoms with Crippen LogP contribution in [0, 0.1) is 0 Å². The molecular formula is C100H84N2O2. The van der Waals surface area contributed by atoms with Gasteiger partial charge in [0.1, 0.15) is 11.5 Å². The van der Waals surface area contributed by atoms with Crippen molar-refractivity contribution >= 4 is 89.4 Å². The van der Waals surface area contributed by atoms with Crippen LogP contribution in [0.5, 0.6) is 11.5 Å². The van der Waals surface area contributed by atoms with Gasteiger partial charge < -0.3 is 19.3 Å². The summed E-state index contributed by atoms with van der Waals surface area (Å²) in [4.78, 5) is 5.04. The average Bonchev–Trinajstić information content (AvgIpc) is 1.37. The lowest BCUT2D eigenvalue weighted by Crippen LogP contribution is -2.27. The minimum absolute atomic E-state index is 0.363. The van der Waals surface area contributed by atoms with Gasteiger partial charge in [-0.15, -0.1) is 0 Å². The van der Waals surface area contributed by atoms with Crippen molar-refractivity contribution < 1.29 is 9.47 Å². The summed E-state index contributed by atoms with van der Waals surface area (Å²) in [6.07, 6.45) is 14.2. The highest BCUT2D eigenvalue weighted by atomic mass is 16.5. The van der Waals surface area contributed by atoms with Crippen LogP contribution in [0.15, 0.2) is 341 Å². The van der Waals surface area contributed by atoms with Crippen molar-refractivity contribution in [2.24, 2.45) is 0 Å². The molecule has 0 N–H and O–H groups in total. The van der Waals surface area contributed by atoms with E-state index in [9.17, 15) is 0 Å². The number of ether oxygens (including phenoxy) is 2. The van der Waals surface area contributed by atoms with Gasteiger partial charge in [0.15, 0.2) is 0 Å². The van der Waals surface area contributed by atoms with Crippen LogP contribution in [0.25, 0.3) is 77.5 Å². The summed E-state index contributed by atoms with van der Waals surface area (Å²) in [5.74, 6) is 1.82. The fourth-order valence-electron chi connectivity index (χ4n) is 17.3. The van der Waals surface area contributed by atoms with Gasteiger partial charge in [0.25, 0.3) is 0 Å². The Kier molecular flexibility index (Phi) is 18.1. The minimum Gasteiger partial charge on any atom is -0.494 e. The Balaban J connectivity index is 0.728. The van der Waals surface area contributed by atoms with Crippen molar-refractivity contribution in [2.45, 2.75) is 75.0 Å². The first-order chi connectivity index (χ1) is 51.5. The normalized spacial score (nSPS) is 14.8. The van der Waals surface area contributed by atoms with Crippen LogP contribution in [0.2, 0.25) is 0 Å². The fraction of sp³-hybridized carbons (Fsp3) is 0.140. The van der Waals surface area contributed by atoms with Crippen LogP contribution in [0.3, 0.4) is 0 Å². The zero-order chi connectivity index (χ0) is 69.8. The fourth-order valence-corrected chi connectivity index (χ4v) is 17.3. The summed E-state index contributed by atoms with van der Waals surface area (Å²) >= 11 is 0. The Hall–Kier alpha value is -12.0. The lowest BCUT2D eigenvalue weighted by atomic mass is 9.69. The zero-order valence-electron chi connectivity index (χ0n) is 58.9. The number of anilines is 6. The van der Waals surface area contributed by atoms with Gasteiger partial charge in [-0.25, -0.2) is 0 Å². The summed E-state index contributed by atoms with van der Waals surface area (Å²) in [6, 6.07) is 122. The van der Waals surface area contributed by atoms with Crippen molar-refractivity contribution in [3.63, 3.8) is 0 Å². The molecule has 0 radical (unpaired) electrons. The van der Waals surface area contributed by atoms with E-state index in [1.807, 2.05) is 36.4 Å². The molecule has 104 heavy (non-hydrogen) atoms. The Bertz CT molecular complexity index is 5280. The van der Waals surface area contributed by atoms with Crippen LogP contribution in [0.1, 0.15) is 109 Å². The number of unbranched alkanes of at least 4 members (excludes halogenated alkanes) is 6. The van der Waals surface area contributed by atoms with E-state index < -0.39 is 0 Å². The summed E-state index contributed by atoms with van der Waals surface area (Å²) in [5.41, 5.74) is 21.6. The Labute approximate surface area is 612 Å². The highest BCUT2D eigenvalue weighted by Crippen LogP contribution is 2.59. The minimum atomic E-state index is -0.363. The molecule has 0 saturated carbocycles. The molecule has 15 aromatic rings. The summed E-state index contributed by atoms with van der Waals surface area (Å²) in [6.45, 7) is 9.22. The van der Waals surface area contributed by atoms with Gasteiger partial charge in [-0.2, -0.15) is 0 Å². The third-order valence-corrected chi connectivity index (χ3v) is 22.3. The molecule has 0 spiro atoms. The van der Waals surface area contributed by atoms with Crippen LogP contribution < -0.4 is 19.3 Å². The molecule has 4 heteroatoms. The number of nitrogens with zero attached hydrogens (tertiary/aromatic N) is 2. The number of benzene rings is 15. The predicted octanol–water partition coefficient (Wildman–Crippen LogP) is 27.2. The Morgan fingerprint density at radius 2 is 0.635 bits per heavy atom. The van der Waals surface area contributed by atoms with Crippen LogP contribution in [0.4, 0.5) is 34.1 Å². The summed E-state index contributed by atoms with van der Waals surface area (Å²) in [7, 11) is 0. The average molecular weight is 1350 g/mol. The first-order valence-corrected chi connectivity index (χ1v) is 37.3. The largest absolute Gasteiger partial charge is 0.494 e. The second-order valence-electron chi connectivity index (χ2n) is 28.2. The first kappa shape index (κ1) is 65.3. The van der Waals surface area contributed by atoms with Gasteiger partial charge >= 0.3 is 0 Å². The van der Waals surface area contributed by atoms with E-state index >= 15 is 0 Å². The standard InChI is InChI=1S/C100H84N2O2/c1-3-71-45-55-83(56-46-71)103-65-25-7-5-23-63-99(77-33-11-9-12-34-77)93-41-21-19-39-89(93)91-61-53-81(69-95(91)99)101(97-43-27-31-73-29-15-17-37-87(73)97)79-51-59-85-75(67-79)49-50-76-68-80(52-60-86(76)85)102(98-44-28-32-74-30-16-18-38-88(74)98)82-54-62-92-90-40-20-22-42-94(90)100(96(92)70-82,78-35-13-10-14-36-78)64-24-6-8-26-66-104-84-57-47-72(4-2)48-58-84/h3-4,9-22,27-62,67-70H,1-2,5-8,23-26,63-66H2. The first-order valence-electron chi connectivity index (χ1n) is 37.3. The second-order valence-corrected chi connectivity index (χ2v) is 28.2. The molecule has 17 rings (SSSR count). The van der Waals surface area contributed by atoms with Crippen LogP contribution >= 0.6 is 0 Å². The molecule has 2 aliphatic carbocycles. The van der Waals surface area contributed by atoms with Crippen LogP contribution in [-0.2, 0) is 10.8 Å². The molecule has 0 heterocycles. The molecule has 506 valence electrons. The zero-order valence-corrected chi connectivity index (χ0v) is 58.9. The molecule has 2 atom stereocenters. The van der Waals surface area contributed by atoms with Crippen molar-refractivity contribution in [3.8, 4) is 33.8 Å². The molecule has 0 amide bonds. The lowest BCUT2D eigenvalue weighted by molar-refractivity contribution is 0.303. The molecule has 0 aliphatic heterocycles. The molecule has 4 nitrogen and oxygen atoms in total. The maximum absolute atomic E-state index is 6.21. The van der Waals surface area contributed by atoms with Gasteiger partial charge in [-0.3, -0.25) is 0 Å². The van der Waals surface area contributed by atoms with E-state index in [4.69, 9.17) is 9.47 Å². The van der Waals surface area contributed by atoms with Gasteiger partial charge in [-0.05, 0) is 210 Å². The third kappa shape index (κ3) is 12.1.